The zero-order chi connectivity index (χ0) is 26.3. The number of thioether (sulfide) groups is 1. The molecule has 3 aromatic rings. The molecule has 1 saturated heterocycles. The quantitative estimate of drug-likeness (QED) is 0.392. The number of piperazine rings is 1. The lowest BCUT2D eigenvalue weighted by Crippen LogP contribution is -2.49. The molecule has 1 amide bonds. The molecule has 0 atom stereocenters. The molecule has 1 aliphatic rings. The molecule has 0 radical (unpaired) electrons. The van der Waals surface area contributed by atoms with Gasteiger partial charge in [0.25, 0.3) is 0 Å². The van der Waals surface area contributed by atoms with Crippen molar-refractivity contribution in [1.29, 1.82) is 0 Å². The summed E-state index contributed by atoms with van der Waals surface area (Å²) in [6.45, 7) is 2.42. The Balaban J connectivity index is 1.36. The third kappa shape index (κ3) is 7.24. The van der Waals surface area contributed by atoms with E-state index in [1.165, 1.54) is 30.0 Å². The summed E-state index contributed by atoms with van der Waals surface area (Å²) in [6, 6.07) is 20.6. The van der Waals surface area contributed by atoms with Crippen molar-refractivity contribution in [1.82, 2.24) is 9.62 Å². The Morgan fingerprint density at radius 2 is 1.70 bits per heavy atom. The first-order valence-electron chi connectivity index (χ1n) is 12.0. The molecule has 0 spiro atoms. The van der Waals surface area contributed by atoms with Gasteiger partial charge in [-0.15, -0.1) is 11.8 Å². The van der Waals surface area contributed by atoms with Crippen molar-refractivity contribution < 1.29 is 22.3 Å². The van der Waals surface area contributed by atoms with E-state index in [0.717, 1.165) is 10.5 Å². The third-order valence-electron chi connectivity index (χ3n) is 6.16. The molecule has 1 fully saturated rings. The van der Waals surface area contributed by atoms with Gasteiger partial charge in [-0.3, -0.25) is 4.79 Å². The van der Waals surface area contributed by atoms with E-state index < -0.39 is 10.0 Å². The molecule has 0 saturated carbocycles. The standard InChI is InChI=1S/C27H30FN3O4S2/c1-35-26-12-11-24(37(33,34)29-14-13-21-7-9-22(28)10-8-21)19-25(26)30-15-17-31(18-16-30)27(32)20-36-23-5-3-2-4-6-23/h2-12,19,29H,13-18,20H2,1H3. The highest BCUT2D eigenvalue weighted by Gasteiger charge is 2.25. The number of amides is 1. The van der Waals surface area contributed by atoms with Gasteiger partial charge in [0, 0.05) is 37.6 Å². The predicted molar refractivity (Wildman–Crippen MR) is 144 cm³/mol. The van der Waals surface area contributed by atoms with Crippen LogP contribution in [-0.2, 0) is 21.2 Å². The number of carbonyl (C=O) groups is 1. The number of anilines is 1. The Bertz CT molecular complexity index is 1300. The molecule has 0 aliphatic carbocycles. The maximum Gasteiger partial charge on any atom is 0.240 e. The van der Waals surface area contributed by atoms with Crippen LogP contribution in [0.4, 0.5) is 10.1 Å². The third-order valence-corrected chi connectivity index (χ3v) is 8.61. The fraction of sp³-hybridized carbons (Fsp3) is 0.296. The van der Waals surface area contributed by atoms with Crippen molar-refractivity contribution in [2.75, 3.05) is 50.5 Å². The zero-order valence-electron chi connectivity index (χ0n) is 20.6. The summed E-state index contributed by atoms with van der Waals surface area (Å²) in [6.07, 6.45) is 0.446. The van der Waals surface area contributed by atoms with Crippen LogP contribution in [0.3, 0.4) is 0 Å². The number of hydrogen-bond acceptors (Lipinski definition) is 6. The van der Waals surface area contributed by atoms with E-state index in [0.29, 0.717) is 49.8 Å². The predicted octanol–water partition coefficient (Wildman–Crippen LogP) is 3.80. The average molecular weight is 544 g/mol. The molecule has 37 heavy (non-hydrogen) atoms. The van der Waals surface area contributed by atoms with Crippen LogP contribution < -0.4 is 14.4 Å². The van der Waals surface area contributed by atoms with Crippen LogP contribution in [-0.4, -0.2) is 64.8 Å². The van der Waals surface area contributed by atoms with E-state index in [2.05, 4.69) is 4.72 Å². The minimum absolute atomic E-state index is 0.0853. The summed E-state index contributed by atoms with van der Waals surface area (Å²) < 4.78 is 47.1. The average Bonchev–Trinajstić information content (AvgIpc) is 2.93. The van der Waals surface area contributed by atoms with Gasteiger partial charge in [0.15, 0.2) is 0 Å². The number of nitrogens with one attached hydrogen (secondary N) is 1. The first kappa shape index (κ1) is 27.0. The topological polar surface area (TPSA) is 79.0 Å². The van der Waals surface area contributed by atoms with E-state index in [-0.39, 0.29) is 23.2 Å². The molecule has 7 nitrogen and oxygen atoms in total. The highest BCUT2D eigenvalue weighted by Crippen LogP contribution is 2.32. The van der Waals surface area contributed by atoms with Crippen LogP contribution in [0.15, 0.2) is 82.6 Å². The lowest BCUT2D eigenvalue weighted by molar-refractivity contribution is -0.128. The number of methoxy groups -OCH3 is 1. The Morgan fingerprint density at radius 1 is 1.00 bits per heavy atom. The van der Waals surface area contributed by atoms with Gasteiger partial charge in [-0.2, -0.15) is 0 Å². The van der Waals surface area contributed by atoms with Crippen molar-refractivity contribution >= 4 is 33.4 Å². The van der Waals surface area contributed by atoms with Gasteiger partial charge in [0.1, 0.15) is 11.6 Å². The number of hydrogen-bond donors (Lipinski definition) is 1. The molecule has 0 bridgehead atoms. The van der Waals surface area contributed by atoms with Gasteiger partial charge in [-0.25, -0.2) is 17.5 Å². The first-order chi connectivity index (χ1) is 17.9. The van der Waals surface area contributed by atoms with E-state index in [4.69, 9.17) is 4.74 Å². The Labute approximate surface area is 221 Å². The van der Waals surface area contributed by atoms with Gasteiger partial charge in [-0.1, -0.05) is 30.3 Å². The van der Waals surface area contributed by atoms with Crippen molar-refractivity contribution in [3.8, 4) is 5.75 Å². The van der Waals surface area contributed by atoms with E-state index in [1.54, 1.807) is 31.4 Å². The van der Waals surface area contributed by atoms with Gasteiger partial charge in [0.05, 0.1) is 23.4 Å². The molecule has 196 valence electrons. The van der Waals surface area contributed by atoms with Gasteiger partial charge in [0.2, 0.25) is 15.9 Å². The lowest BCUT2D eigenvalue weighted by atomic mass is 10.1. The summed E-state index contributed by atoms with van der Waals surface area (Å²) in [4.78, 5) is 17.8. The van der Waals surface area contributed by atoms with Crippen molar-refractivity contribution in [3.63, 3.8) is 0 Å². The molecular weight excluding hydrogens is 513 g/mol. The van der Waals surface area contributed by atoms with Gasteiger partial charge >= 0.3 is 0 Å². The summed E-state index contributed by atoms with van der Waals surface area (Å²) in [7, 11) is -2.21. The van der Waals surface area contributed by atoms with Crippen LogP contribution >= 0.6 is 11.8 Å². The van der Waals surface area contributed by atoms with Crippen LogP contribution in [0.1, 0.15) is 5.56 Å². The fourth-order valence-corrected chi connectivity index (χ4v) is 5.97. The van der Waals surface area contributed by atoms with Crippen molar-refractivity contribution in [2.24, 2.45) is 0 Å². The highest BCUT2D eigenvalue weighted by molar-refractivity contribution is 8.00. The molecular formula is C27H30FN3O4S2. The minimum atomic E-state index is -3.76. The zero-order valence-corrected chi connectivity index (χ0v) is 22.2. The first-order valence-corrected chi connectivity index (χ1v) is 14.5. The van der Waals surface area contributed by atoms with Crippen LogP contribution in [0.25, 0.3) is 0 Å². The Morgan fingerprint density at radius 3 is 2.38 bits per heavy atom. The van der Waals surface area contributed by atoms with Gasteiger partial charge < -0.3 is 14.5 Å². The second-order valence-corrected chi connectivity index (χ2v) is 11.4. The maximum absolute atomic E-state index is 13.1. The maximum atomic E-state index is 13.1. The molecule has 1 N–H and O–H groups in total. The van der Waals surface area contributed by atoms with E-state index in [9.17, 15) is 17.6 Å². The number of rotatable bonds is 10. The number of ether oxygens (including phenoxy) is 1. The summed E-state index contributed by atoms with van der Waals surface area (Å²) in [5.41, 5.74) is 1.52. The largest absolute Gasteiger partial charge is 0.495 e. The second-order valence-electron chi connectivity index (χ2n) is 8.58. The SMILES string of the molecule is COc1ccc(S(=O)(=O)NCCc2ccc(F)cc2)cc1N1CCN(C(=O)CSc2ccccc2)CC1. The smallest absolute Gasteiger partial charge is 0.240 e. The normalized spacial score (nSPS) is 14.0. The fourth-order valence-electron chi connectivity index (χ4n) is 4.10. The molecule has 3 aromatic carbocycles. The van der Waals surface area contributed by atoms with Crippen LogP contribution in [0.2, 0.25) is 0 Å². The second kappa shape index (κ2) is 12.4. The highest BCUT2D eigenvalue weighted by atomic mass is 32.2. The summed E-state index contributed by atoms with van der Waals surface area (Å²) in [5.74, 6) is 0.711. The number of carbonyl (C=O) groups excluding carboxylic acids is 1. The Hall–Kier alpha value is -3.08. The van der Waals surface area contributed by atoms with Crippen LogP contribution in [0, 0.1) is 5.82 Å². The van der Waals surface area contributed by atoms with E-state index in [1.807, 2.05) is 40.1 Å². The Kier molecular flexibility index (Phi) is 9.07. The number of benzene rings is 3. The lowest BCUT2D eigenvalue weighted by Gasteiger charge is -2.36. The van der Waals surface area contributed by atoms with Gasteiger partial charge in [-0.05, 0) is 54.4 Å². The molecule has 10 heteroatoms. The molecule has 0 aromatic heterocycles. The van der Waals surface area contributed by atoms with Crippen molar-refractivity contribution in [3.05, 3.63) is 84.2 Å². The molecule has 1 aliphatic heterocycles. The molecule has 1 heterocycles. The number of halogens is 1. The minimum Gasteiger partial charge on any atom is -0.495 e. The van der Waals surface area contributed by atoms with Crippen molar-refractivity contribution in [2.45, 2.75) is 16.2 Å². The summed E-state index contributed by atoms with van der Waals surface area (Å²) >= 11 is 1.52. The van der Waals surface area contributed by atoms with E-state index >= 15 is 0 Å². The molecule has 4 rings (SSSR count). The summed E-state index contributed by atoms with van der Waals surface area (Å²) in [5, 5.41) is 0. The molecule has 0 unspecified atom stereocenters. The monoisotopic (exact) mass is 543 g/mol. The number of nitrogens with zero attached hydrogens (tertiary/aromatic N) is 2. The number of sulfonamides is 1. The van der Waals surface area contributed by atoms with Crippen LogP contribution in [0.5, 0.6) is 5.75 Å².